The molecule has 0 radical (unpaired) electrons. The van der Waals surface area contributed by atoms with Crippen LogP contribution in [0.1, 0.15) is 52.2 Å². The Balaban J connectivity index is 2.07. The number of ether oxygens (including phenoxy) is 1. The van der Waals surface area contributed by atoms with Crippen molar-refractivity contribution < 1.29 is 22.7 Å². The highest BCUT2D eigenvalue weighted by molar-refractivity contribution is 7.98. The molecule has 0 unspecified atom stereocenters. The van der Waals surface area contributed by atoms with E-state index in [0.717, 1.165) is 20.3 Å². The van der Waals surface area contributed by atoms with Crippen molar-refractivity contribution in [2.24, 2.45) is 0 Å². The number of nitrogens with one attached hydrogen (secondary N) is 1. The third-order valence-corrected chi connectivity index (χ3v) is 9.25. The van der Waals surface area contributed by atoms with E-state index in [-0.39, 0.29) is 17.3 Å². The van der Waals surface area contributed by atoms with E-state index in [0.29, 0.717) is 24.5 Å². The smallest absolute Gasteiger partial charge is 0.264 e. The van der Waals surface area contributed by atoms with Gasteiger partial charge in [0.2, 0.25) is 11.8 Å². The topological polar surface area (TPSA) is 96.0 Å². The van der Waals surface area contributed by atoms with Crippen LogP contribution in [0.4, 0.5) is 5.69 Å². The average Bonchev–Trinajstić information content (AvgIpc) is 2.96. The van der Waals surface area contributed by atoms with Crippen LogP contribution in [0.15, 0.2) is 82.6 Å². The van der Waals surface area contributed by atoms with Crippen molar-refractivity contribution >= 4 is 39.3 Å². The minimum absolute atomic E-state index is 0.0644. The molecule has 3 aromatic carbocycles. The van der Waals surface area contributed by atoms with Gasteiger partial charge in [0.25, 0.3) is 10.0 Å². The van der Waals surface area contributed by atoms with Gasteiger partial charge in [-0.25, -0.2) is 8.42 Å². The molecule has 232 valence electrons. The van der Waals surface area contributed by atoms with Crippen LogP contribution in [0.25, 0.3) is 0 Å². The number of carbonyl (C=O) groups is 2. The quantitative estimate of drug-likeness (QED) is 0.233. The molecule has 3 aromatic rings. The maximum atomic E-state index is 14.2. The average molecular weight is 626 g/mol. The summed E-state index contributed by atoms with van der Waals surface area (Å²) in [6, 6.07) is 20.1. The highest BCUT2D eigenvalue weighted by atomic mass is 32.2. The van der Waals surface area contributed by atoms with Gasteiger partial charge in [-0.1, -0.05) is 36.8 Å². The van der Waals surface area contributed by atoms with Crippen molar-refractivity contribution in [3.8, 4) is 5.75 Å². The molecule has 10 heteroatoms. The number of benzene rings is 3. The molecule has 1 N–H and O–H groups in total. The third kappa shape index (κ3) is 9.24. The summed E-state index contributed by atoms with van der Waals surface area (Å²) < 4.78 is 34.9. The second-order valence-corrected chi connectivity index (χ2v) is 14.0. The number of sulfonamides is 1. The van der Waals surface area contributed by atoms with Crippen molar-refractivity contribution in [1.29, 1.82) is 0 Å². The zero-order chi connectivity index (χ0) is 31.8. The SMILES string of the molecule is CCOc1ccc(N(CC(=O)N(Cc2ccc(C)cc2)[C@@H](CC)C(=O)NC(C)(C)C)S(=O)(=O)c2ccc(SC)cc2)cc1. The molecule has 0 heterocycles. The van der Waals surface area contributed by atoms with E-state index in [9.17, 15) is 18.0 Å². The summed E-state index contributed by atoms with van der Waals surface area (Å²) in [6.45, 7) is 11.4. The number of rotatable bonds is 13. The van der Waals surface area contributed by atoms with Crippen LogP contribution < -0.4 is 14.4 Å². The van der Waals surface area contributed by atoms with Gasteiger partial charge in [-0.2, -0.15) is 0 Å². The fourth-order valence-corrected chi connectivity index (χ4v) is 6.36. The van der Waals surface area contributed by atoms with Gasteiger partial charge in [0, 0.05) is 17.0 Å². The van der Waals surface area contributed by atoms with Crippen LogP contribution in [0.3, 0.4) is 0 Å². The second kappa shape index (κ2) is 14.8. The molecule has 3 rings (SSSR count). The fourth-order valence-electron chi connectivity index (χ4n) is 4.54. The van der Waals surface area contributed by atoms with E-state index in [1.54, 1.807) is 48.5 Å². The first-order chi connectivity index (χ1) is 20.3. The monoisotopic (exact) mass is 625 g/mol. The lowest BCUT2D eigenvalue weighted by Crippen LogP contribution is -2.55. The molecule has 2 amide bonds. The minimum atomic E-state index is -4.16. The first-order valence-electron chi connectivity index (χ1n) is 14.4. The maximum absolute atomic E-state index is 14.2. The summed E-state index contributed by atoms with van der Waals surface area (Å²) in [4.78, 5) is 30.2. The Morgan fingerprint density at radius 3 is 2.05 bits per heavy atom. The van der Waals surface area contributed by atoms with Crippen molar-refractivity contribution in [3.63, 3.8) is 0 Å². The van der Waals surface area contributed by atoms with E-state index in [2.05, 4.69) is 5.32 Å². The lowest BCUT2D eigenvalue weighted by Gasteiger charge is -2.34. The Morgan fingerprint density at radius 2 is 1.53 bits per heavy atom. The molecule has 8 nitrogen and oxygen atoms in total. The van der Waals surface area contributed by atoms with Crippen molar-refractivity contribution in [1.82, 2.24) is 10.2 Å². The van der Waals surface area contributed by atoms with Crippen molar-refractivity contribution in [3.05, 3.63) is 83.9 Å². The number of thioether (sulfide) groups is 1. The molecule has 0 bridgehead atoms. The van der Waals surface area contributed by atoms with Crippen LogP contribution in [-0.2, 0) is 26.2 Å². The van der Waals surface area contributed by atoms with Crippen molar-refractivity contribution in [2.45, 2.75) is 75.9 Å². The van der Waals surface area contributed by atoms with E-state index in [4.69, 9.17) is 4.74 Å². The number of hydrogen-bond acceptors (Lipinski definition) is 6. The van der Waals surface area contributed by atoms with Gasteiger partial charge < -0.3 is 15.0 Å². The van der Waals surface area contributed by atoms with Gasteiger partial charge in [-0.15, -0.1) is 11.8 Å². The molecule has 0 aromatic heterocycles. The van der Waals surface area contributed by atoms with E-state index < -0.39 is 34.1 Å². The molecule has 0 fully saturated rings. The third-order valence-electron chi connectivity index (χ3n) is 6.72. The first-order valence-corrected chi connectivity index (χ1v) is 17.0. The normalized spacial score (nSPS) is 12.3. The minimum Gasteiger partial charge on any atom is -0.494 e. The second-order valence-electron chi connectivity index (χ2n) is 11.3. The van der Waals surface area contributed by atoms with Gasteiger partial charge in [-0.3, -0.25) is 13.9 Å². The first kappa shape index (κ1) is 34.0. The Hall–Kier alpha value is -3.50. The molecule has 0 aliphatic rings. The largest absolute Gasteiger partial charge is 0.494 e. The Kier molecular flexibility index (Phi) is 11.7. The molecule has 43 heavy (non-hydrogen) atoms. The zero-order valence-electron chi connectivity index (χ0n) is 26.1. The Bertz CT molecular complexity index is 1470. The number of hydrogen-bond donors (Lipinski definition) is 1. The van der Waals surface area contributed by atoms with Crippen LogP contribution in [0.5, 0.6) is 5.75 Å². The number of nitrogens with zero attached hydrogens (tertiary/aromatic N) is 2. The lowest BCUT2D eigenvalue weighted by atomic mass is 10.1. The molecule has 0 saturated carbocycles. The van der Waals surface area contributed by atoms with Crippen LogP contribution in [0, 0.1) is 6.92 Å². The van der Waals surface area contributed by atoms with Gasteiger partial charge >= 0.3 is 0 Å². The molecule has 0 spiro atoms. The predicted molar refractivity (Wildman–Crippen MR) is 174 cm³/mol. The van der Waals surface area contributed by atoms with Crippen LogP contribution >= 0.6 is 11.8 Å². The summed E-state index contributed by atoms with van der Waals surface area (Å²) in [5.41, 5.74) is 1.71. The van der Waals surface area contributed by atoms with Gasteiger partial charge in [0.05, 0.1) is 17.2 Å². The summed E-state index contributed by atoms with van der Waals surface area (Å²) in [6.07, 6.45) is 2.27. The zero-order valence-corrected chi connectivity index (χ0v) is 27.7. The van der Waals surface area contributed by atoms with Gasteiger partial charge in [0.15, 0.2) is 0 Å². The fraction of sp³-hybridized carbons (Fsp3) is 0.394. The molecule has 1 atom stereocenters. The van der Waals surface area contributed by atoms with Crippen molar-refractivity contribution in [2.75, 3.05) is 23.7 Å². The molecular formula is C33H43N3O5S2. The number of anilines is 1. The Morgan fingerprint density at radius 1 is 0.930 bits per heavy atom. The van der Waals surface area contributed by atoms with Gasteiger partial charge in [0.1, 0.15) is 18.3 Å². The van der Waals surface area contributed by atoms with Crippen LogP contribution in [-0.4, -0.2) is 56.1 Å². The standard InChI is InChI=1S/C33H43N3O5S2/c1-8-30(32(38)34-33(4,5)6)35(22-25-12-10-24(3)11-13-25)31(37)23-36(26-14-16-27(17-15-26)41-9-2)43(39,40)29-20-18-28(42-7)19-21-29/h10-21,30H,8-9,22-23H2,1-7H3,(H,34,38)/t30-/m0/s1. The molecule has 0 aliphatic heterocycles. The number of aryl methyl sites for hydroxylation is 1. The highest BCUT2D eigenvalue weighted by Crippen LogP contribution is 2.28. The maximum Gasteiger partial charge on any atom is 0.264 e. The highest BCUT2D eigenvalue weighted by Gasteiger charge is 2.34. The summed E-state index contributed by atoms with van der Waals surface area (Å²) >= 11 is 1.51. The predicted octanol–water partition coefficient (Wildman–Crippen LogP) is 6.03. The van der Waals surface area contributed by atoms with E-state index in [1.807, 2.05) is 72.1 Å². The Labute approximate surface area is 260 Å². The molecule has 0 saturated heterocycles. The number of amides is 2. The number of carbonyl (C=O) groups excluding carboxylic acids is 2. The lowest BCUT2D eigenvalue weighted by molar-refractivity contribution is -0.141. The summed E-state index contributed by atoms with van der Waals surface area (Å²) in [5, 5.41) is 2.99. The van der Waals surface area contributed by atoms with Crippen LogP contribution in [0.2, 0.25) is 0 Å². The van der Waals surface area contributed by atoms with Gasteiger partial charge in [-0.05, 0) is 101 Å². The summed E-state index contributed by atoms with van der Waals surface area (Å²) in [7, 11) is -4.16. The molecular weight excluding hydrogens is 583 g/mol. The summed E-state index contributed by atoms with van der Waals surface area (Å²) in [5.74, 6) is -0.196. The van der Waals surface area contributed by atoms with E-state index in [1.165, 1.54) is 16.7 Å². The van der Waals surface area contributed by atoms with E-state index >= 15 is 0 Å². The molecule has 0 aliphatic carbocycles.